The lowest BCUT2D eigenvalue weighted by Gasteiger charge is -2.29. The van der Waals surface area contributed by atoms with Crippen molar-refractivity contribution in [3.63, 3.8) is 0 Å². The van der Waals surface area contributed by atoms with E-state index in [0.29, 0.717) is 5.92 Å². The zero-order chi connectivity index (χ0) is 28.1. The zero-order valence-corrected chi connectivity index (χ0v) is 23.2. The predicted octanol–water partition coefficient (Wildman–Crippen LogP) is 6.78. The second kappa shape index (κ2) is 9.96. The van der Waals surface area contributed by atoms with Crippen LogP contribution in [0, 0.1) is 24.6 Å². The Bertz CT molecular complexity index is 1720. The molecule has 1 aliphatic carbocycles. The van der Waals surface area contributed by atoms with Crippen LogP contribution >= 0.6 is 0 Å². The highest BCUT2D eigenvalue weighted by Crippen LogP contribution is 2.69. The number of ether oxygens (including phenoxy) is 1. The van der Waals surface area contributed by atoms with Gasteiger partial charge in [0.05, 0.1) is 17.4 Å². The van der Waals surface area contributed by atoms with E-state index in [9.17, 15) is 9.18 Å². The fraction of sp³-hybridized carbons (Fsp3) is 0.257. The van der Waals surface area contributed by atoms with Crippen LogP contribution in [0.1, 0.15) is 35.3 Å². The van der Waals surface area contributed by atoms with Gasteiger partial charge >= 0.3 is 5.97 Å². The fourth-order valence-electron chi connectivity index (χ4n) is 7.31. The van der Waals surface area contributed by atoms with Crippen LogP contribution in [0.4, 0.5) is 4.39 Å². The molecule has 2 heterocycles. The van der Waals surface area contributed by atoms with E-state index in [1.54, 1.807) is 12.1 Å². The molecule has 1 saturated carbocycles. The SMILES string of the molecule is CC(=O)OC(c1ccccc1)[C@H]1[C@@H]2CN(Cc3ccccc3)C[C@@]21c1cc2cnn(-c3ccc(F)cc3)c2cc1C. The Kier molecular flexibility index (Phi) is 6.24. The van der Waals surface area contributed by atoms with Gasteiger partial charge in [-0.25, -0.2) is 9.07 Å². The summed E-state index contributed by atoms with van der Waals surface area (Å²) < 4.78 is 21.5. The summed E-state index contributed by atoms with van der Waals surface area (Å²) in [6, 6.07) is 31.7. The quantitative estimate of drug-likeness (QED) is 0.212. The van der Waals surface area contributed by atoms with Crippen molar-refractivity contribution in [1.82, 2.24) is 14.7 Å². The van der Waals surface area contributed by atoms with Gasteiger partial charge < -0.3 is 4.74 Å². The standard InChI is InChI=1S/C35H32FN3O2/c1-23-17-32-27(19-37-39(32)29-15-13-28(36)14-16-29)18-30(23)35-22-38(20-25-9-5-3-6-10-25)21-31(35)33(35)34(41-24(2)40)26-11-7-4-8-12-26/h3-19,31,33-34H,20-22H2,1-2H3/t31-,33+,34?,35+/m0/s1. The number of carbonyl (C=O) groups is 1. The highest BCUT2D eigenvalue weighted by molar-refractivity contribution is 5.83. The third-order valence-electron chi connectivity index (χ3n) is 9.00. The Labute approximate surface area is 239 Å². The molecule has 4 atom stereocenters. The molecule has 0 spiro atoms. The number of halogens is 1. The molecule has 2 aliphatic rings. The van der Waals surface area contributed by atoms with E-state index >= 15 is 0 Å². The van der Waals surface area contributed by atoms with Crippen LogP contribution in [0.25, 0.3) is 16.6 Å². The molecule has 0 N–H and O–H groups in total. The molecule has 0 radical (unpaired) electrons. The van der Waals surface area contributed by atoms with Gasteiger partial charge in [-0.2, -0.15) is 5.10 Å². The minimum atomic E-state index is -0.311. The van der Waals surface area contributed by atoms with Crippen LogP contribution in [0.5, 0.6) is 0 Å². The summed E-state index contributed by atoms with van der Waals surface area (Å²) in [7, 11) is 0. The maximum Gasteiger partial charge on any atom is 0.303 e. The van der Waals surface area contributed by atoms with Crippen LogP contribution in [0.3, 0.4) is 0 Å². The number of fused-ring (bicyclic) bond motifs is 2. The van der Waals surface area contributed by atoms with Crippen molar-refractivity contribution in [1.29, 1.82) is 0 Å². The van der Waals surface area contributed by atoms with Crippen molar-refractivity contribution in [2.24, 2.45) is 11.8 Å². The molecular weight excluding hydrogens is 513 g/mol. The largest absolute Gasteiger partial charge is 0.457 e. The first kappa shape index (κ1) is 25.7. The molecule has 0 amide bonds. The van der Waals surface area contributed by atoms with Gasteiger partial charge in [-0.3, -0.25) is 9.69 Å². The lowest BCUT2D eigenvalue weighted by molar-refractivity contribution is -0.148. The first-order chi connectivity index (χ1) is 19.9. The van der Waals surface area contributed by atoms with Gasteiger partial charge in [0.15, 0.2) is 0 Å². The number of likely N-dealkylation sites (tertiary alicyclic amines) is 1. The van der Waals surface area contributed by atoms with Gasteiger partial charge in [0.25, 0.3) is 0 Å². The monoisotopic (exact) mass is 545 g/mol. The van der Waals surface area contributed by atoms with Crippen LogP contribution in [-0.4, -0.2) is 33.7 Å². The molecule has 1 saturated heterocycles. The van der Waals surface area contributed by atoms with Crippen molar-refractivity contribution in [3.8, 4) is 5.69 Å². The van der Waals surface area contributed by atoms with Gasteiger partial charge in [0.2, 0.25) is 0 Å². The van der Waals surface area contributed by atoms with E-state index in [1.165, 1.54) is 35.7 Å². The summed E-state index contributed by atoms with van der Waals surface area (Å²) in [6.45, 7) is 6.39. The Balaban J connectivity index is 1.31. The Morgan fingerprint density at radius 3 is 2.44 bits per heavy atom. The fourth-order valence-corrected chi connectivity index (χ4v) is 7.31. The molecule has 6 heteroatoms. The van der Waals surface area contributed by atoms with E-state index in [2.05, 4.69) is 71.5 Å². The normalized spacial score (nSPS) is 22.4. The Morgan fingerprint density at radius 2 is 1.73 bits per heavy atom. The predicted molar refractivity (Wildman–Crippen MR) is 157 cm³/mol. The lowest BCUT2D eigenvalue weighted by atomic mass is 9.86. The molecule has 5 nitrogen and oxygen atoms in total. The zero-order valence-electron chi connectivity index (χ0n) is 23.2. The molecule has 1 aliphatic heterocycles. The number of aryl methyl sites for hydroxylation is 1. The van der Waals surface area contributed by atoms with Crippen molar-refractivity contribution < 1.29 is 13.9 Å². The number of hydrogen-bond acceptors (Lipinski definition) is 4. The molecule has 7 rings (SSSR count). The van der Waals surface area contributed by atoms with Crippen molar-refractivity contribution >= 4 is 16.9 Å². The molecule has 5 aromatic rings. The summed E-state index contributed by atoms with van der Waals surface area (Å²) in [4.78, 5) is 14.9. The van der Waals surface area contributed by atoms with E-state index in [1.807, 2.05) is 29.1 Å². The second-order valence-electron chi connectivity index (χ2n) is 11.5. The number of hydrogen-bond donors (Lipinski definition) is 0. The van der Waals surface area contributed by atoms with Crippen molar-refractivity contribution in [2.45, 2.75) is 31.9 Å². The van der Waals surface area contributed by atoms with E-state index in [-0.39, 0.29) is 29.2 Å². The summed E-state index contributed by atoms with van der Waals surface area (Å²) in [5.41, 5.74) is 6.48. The molecule has 41 heavy (non-hydrogen) atoms. The molecular formula is C35H32FN3O2. The van der Waals surface area contributed by atoms with E-state index < -0.39 is 0 Å². The van der Waals surface area contributed by atoms with Crippen molar-refractivity contribution in [2.75, 3.05) is 13.1 Å². The number of piperidine rings is 1. The number of aromatic nitrogens is 2. The third-order valence-corrected chi connectivity index (χ3v) is 9.00. The van der Waals surface area contributed by atoms with Crippen LogP contribution < -0.4 is 0 Å². The van der Waals surface area contributed by atoms with Gasteiger partial charge in [0, 0.05) is 43.3 Å². The molecule has 206 valence electrons. The van der Waals surface area contributed by atoms with E-state index in [4.69, 9.17) is 4.74 Å². The Morgan fingerprint density at radius 1 is 1.02 bits per heavy atom. The van der Waals surface area contributed by atoms with Gasteiger partial charge in [-0.1, -0.05) is 60.7 Å². The topological polar surface area (TPSA) is 47.4 Å². The average Bonchev–Trinajstić information content (AvgIpc) is 3.22. The van der Waals surface area contributed by atoms with Gasteiger partial charge in [0.1, 0.15) is 11.9 Å². The molecule has 0 bridgehead atoms. The first-order valence-corrected chi connectivity index (χ1v) is 14.2. The second-order valence-corrected chi connectivity index (χ2v) is 11.5. The van der Waals surface area contributed by atoms with Crippen LogP contribution in [0.15, 0.2) is 103 Å². The number of benzene rings is 4. The number of nitrogens with zero attached hydrogens (tertiary/aromatic N) is 3. The highest BCUT2D eigenvalue weighted by Gasteiger charge is 2.72. The van der Waals surface area contributed by atoms with Gasteiger partial charge in [-0.05, 0) is 71.5 Å². The maximum atomic E-state index is 13.6. The lowest BCUT2D eigenvalue weighted by Crippen LogP contribution is -2.31. The molecule has 2 fully saturated rings. The highest BCUT2D eigenvalue weighted by atomic mass is 19.1. The number of rotatable bonds is 7. The minimum Gasteiger partial charge on any atom is -0.457 e. The van der Waals surface area contributed by atoms with Crippen LogP contribution in [0.2, 0.25) is 0 Å². The Hall–Kier alpha value is -4.29. The van der Waals surface area contributed by atoms with E-state index in [0.717, 1.165) is 41.8 Å². The first-order valence-electron chi connectivity index (χ1n) is 14.2. The summed E-state index contributed by atoms with van der Waals surface area (Å²) >= 11 is 0. The van der Waals surface area contributed by atoms with Gasteiger partial charge in [-0.15, -0.1) is 0 Å². The maximum absolute atomic E-state index is 13.6. The summed E-state index contributed by atoms with van der Waals surface area (Å²) in [5.74, 6) is -0.00770. The number of esters is 1. The summed E-state index contributed by atoms with van der Waals surface area (Å²) in [5, 5.41) is 5.71. The van der Waals surface area contributed by atoms with Crippen LogP contribution in [-0.2, 0) is 21.5 Å². The third kappa shape index (κ3) is 4.43. The molecule has 4 aromatic carbocycles. The molecule has 1 aromatic heterocycles. The smallest absolute Gasteiger partial charge is 0.303 e. The minimum absolute atomic E-state index is 0.152. The molecule has 1 unspecified atom stereocenters. The number of carbonyl (C=O) groups excluding carboxylic acids is 1. The summed E-state index contributed by atoms with van der Waals surface area (Å²) in [6.07, 6.45) is 1.58. The average molecular weight is 546 g/mol. The van der Waals surface area contributed by atoms with Crippen molar-refractivity contribution in [3.05, 3.63) is 131 Å².